The molecule has 128 valence electrons. The molecule has 2 aliphatic rings. The molecule has 0 amide bonds. The molecule has 1 heteroatoms. The van der Waals surface area contributed by atoms with Gasteiger partial charge in [-0.25, -0.2) is 0 Å². The summed E-state index contributed by atoms with van der Waals surface area (Å²) in [6.07, 6.45) is 0. The zero-order chi connectivity index (χ0) is 18.0. The zero-order valence-electron chi connectivity index (χ0n) is 15.1. The Hall–Kier alpha value is -3.32. The summed E-state index contributed by atoms with van der Waals surface area (Å²) in [6, 6.07) is 32.5. The predicted octanol–water partition coefficient (Wildman–Crippen LogP) is 6.33. The Balaban J connectivity index is 1.77. The molecule has 0 fully saturated rings. The van der Waals surface area contributed by atoms with E-state index in [1.165, 1.54) is 44.5 Å². The summed E-state index contributed by atoms with van der Waals surface area (Å²) in [4.78, 5) is 0. The number of rotatable bonds is 0. The van der Waals surface area contributed by atoms with Crippen LogP contribution in [-0.4, -0.2) is 0 Å². The molecule has 1 aliphatic carbocycles. The average molecular weight is 346 g/mol. The van der Waals surface area contributed by atoms with Crippen molar-refractivity contribution in [2.75, 3.05) is 0 Å². The van der Waals surface area contributed by atoms with Crippen LogP contribution >= 0.6 is 0 Å². The SMILES string of the molecule is Cc1ccc2c(c1)-c1ccccc1C1(O2)c2ccccc2-c2ccccc21. The van der Waals surface area contributed by atoms with E-state index in [-0.39, 0.29) is 0 Å². The smallest absolute Gasteiger partial charge is 0.186 e. The summed E-state index contributed by atoms with van der Waals surface area (Å²) >= 11 is 0. The summed E-state index contributed by atoms with van der Waals surface area (Å²) in [6.45, 7) is 2.13. The maximum atomic E-state index is 6.91. The van der Waals surface area contributed by atoms with Crippen molar-refractivity contribution in [3.63, 3.8) is 0 Å². The van der Waals surface area contributed by atoms with Crippen LogP contribution < -0.4 is 4.74 Å². The van der Waals surface area contributed by atoms with Crippen LogP contribution in [0.25, 0.3) is 22.3 Å². The van der Waals surface area contributed by atoms with Crippen LogP contribution in [0.5, 0.6) is 5.75 Å². The van der Waals surface area contributed by atoms with Gasteiger partial charge in [0.2, 0.25) is 0 Å². The van der Waals surface area contributed by atoms with E-state index in [2.05, 4.69) is 97.9 Å². The third kappa shape index (κ3) is 1.79. The van der Waals surface area contributed by atoms with Gasteiger partial charge in [-0.3, -0.25) is 0 Å². The van der Waals surface area contributed by atoms with Gasteiger partial charge in [-0.05, 0) is 35.7 Å². The van der Waals surface area contributed by atoms with Gasteiger partial charge >= 0.3 is 0 Å². The van der Waals surface area contributed by atoms with Crippen molar-refractivity contribution in [3.05, 3.63) is 113 Å². The molecule has 1 nitrogen and oxygen atoms in total. The van der Waals surface area contributed by atoms with Crippen molar-refractivity contribution in [2.45, 2.75) is 12.5 Å². The van der Waals surface area contributed by atoms with Crippen LogP contribution in [0.15, 0.2) is 91.0 Å². The lowest BCUT2D eigenvalue weighted by atomic mass is 9.77. The van der Waals surface area contributed by atoms with Gasteiger partial charge in [0.1, 0.15) is 5.75 Å². The summed E-state index contributed by atoms with van der Waals surface area (Å²) in [7, 11) is 0. The number of fused-ring (bicyclic) bond motifs is 9. The fourth-order valence-electron chi connectivity index (χ4n) is 4.78. The lowest BCUT2D eigenvalue weighted by Crippen LogP contribution is -2.36. The topological polar surface area (TPSA) is 9.23 Å². The second-order valence-electron chi connectivity index (χ2n) is 7.42. The average Bonchev–Trinajstić information content (AvgIpc) is 3.00. The Morgan fingerprint density at radius 2 is 1.04 bits per heavy atom. The van der Waals surface area contributed by atoms with E-state index in [1.807, 2.05) is 0 Å². The van der Waals surface area contributed by atoms with Gasteiger partial charge in [-0.2, -0.15) is 0 Å². The zero-order valence-corrected chi connectivity index (χ0v) is 15.1. The Morgan fingerprint density at radius 1 is 0.556 bits per heavy atom. The summed E-state index contributed by atoms with van der Waals surface area (Å²) in [5, 5.41) is 0. The molecule has 0 atom stereocenters. The van der Waals surface area contributed by atoms with Crippen molar-refractivity contribution in [3.8, 4) is 28.0 Å². The molecule has 1 spiro atoms. The molecule has 4 aromatic carbocycles. The molecule has 0 aromatic heterocycles. The molecule has 0 N–H and O–H groups in total. The van der Waals surface area contributed by atoms with E-state index >= 15 is 0 Å². The van der Waals surface area contributed by atoms with Gasteiger partial charge < -0.3 is 4.74 Å². The van der Waals surface area contributed by atoms with E-state index in [4.69, 9.17) is 4.74 Å². The first-order valence-electron chi connectivity index (χ1n) is 9.38. The molecule has 0 radical (unpaired) electrons. The second-order valence-corrected chi connectivity index (χ2v) is 7.42. The van der Waals surface area contributed by atoms with Crippen molar-refractivity contribution >= 4 is 0 Å². The molecule has 0 bridgehead atoms. The molecular formula is C26H18O. The molecular weight excluding hydrogens is 328 g/mol. The normalized spacial score (nSPS) is 14.7. The van der Waals surface area contributed by atoms with Gasteiger partial charge in [0.25, 0.3) is 0 Å². The molecule has 6 rings (SSSR count). The lowest BCUT2D eigenvalue weighted by Gasteiger charge is -2.39. The first-order valence-corrected chi connectivity index (χ1v) is 9.38. The predicted molar refractivity (Wildman–Crippen MR) is 109 cm³/mol. The Labute approximate surface area is 158 Å². The number of ether oxygens (including phenoxy) is 1. The minimum atomic E-state index is -0.591. The van der Waals surface area contributed by atoms with Crippen LogP contribution in [0.4, 0.5) is 0 Å². The number of benzene rings is 4. The minimum absolute atomic E-state index is 0.591. The number of hydrogen-bond donors (Lipinski definition) is 0. The maximum Gasteiger partial charge on any atom is 0.186 e. The van der Waals surface area contributed by atoms with E-state index in [0.717, 1.165) is 5.75 Å². The third-order valence-electron chi connectivity index (χ3n) is 5.90. The van der Waals surface area contributed by atoms with Gasteiger partial charge in [0.15, 0.2) is 5.60 Å². The van der Waals surface area contributed by atoms with E-state index in [9.17, 15) is 0 Å². The van der Waals surface area contributed by atoms with E-state index in [1.54, 1.807) is 0 Å². The van der Waals surface area contributed by atoms with E-state index in [0.29, 0.717) is 0 Å². The summed E-state index contributed by atoms with van der Waals surface area (Å²) < 4.78 is 6.91. The molecule has 0 saturated carbocycles. The minimum Gasteiger partial charge on any atom is -0.472 e. The van der Waals surface area contributed by atoms with Gasteiger partial charge in [-0.15, -0.1) is 0 Å². The molecule has 27 heavy (non-hydrogen) atoms. The van der Waals surface area contributed by atoms with Crippen molar-refractivity contribution in [2.24, 2.45) is 0 Å². The maximum absolute atomic E-state index is 6.91. The lowest BCUT2D eigenvalue weighted by molar-refractivity contribution is 0.157. The van der Waals surface area contributed by atoms with Crippen LogP contribution in [0.2, 0.25) is 0 Å². The first-order chi connectivity index (χ1) is 13.3. The van der Waals surface area contributed by atoms with Gasteiger partial charge in [0.05, 0.1) is 0 Å². The van der Waals surface area contributed by atoms with Crippen LogP contribution in [0.1, 0.15) is 22.3 Å². The highest BCUT2D eigenvalue weighted by Gasteiger charge is 2.50. The molecule has 0 unspecified atom stereocenters. The third-order valence-corrected chi connectivity index (χ3v) is 5.90. The summed E-state index contributed by atoms with van der Waals surface area (Å²) in [5.74, 6) is 0.950. The van der Waals surface area contributed by atoms with Crippen LogP contribution in [0, 0.1) is 6.92 Å². The van der Waals surface area contributed by atoms with Crippen molar-refractivity contribution in [1.29, 1.82) is 0 Å². The number of hydrogen-bond acceptors (Lipinski definition) is 1. The monoisotopic (exact) mass is 346 g/mol. The largest absolute Gasteiger partial charge is 0.472 e. The van der Waals surface area contributed by atoms with Crippen molar-refractivity contribution < 1.29 is 4.74 Å². The first kappa shape index (κ1) is 14.8. The fraction of sp³-hybridized carbons (Fsp3) is 0.0769. The van der Waals surface area contributed by atoms with Crippen LogP contribution in [0.3, 0.4) is 0 Å². The molecule has 1 heterocycles. The van der Waals surface area contributed by atoms with Crippen LogP contribution in [-0.2, 0) is 5.60 Å². The Bertz CT molecular complexity index is 1170. The van der Waals surface area contributed by atoms with Gasteiger partial charge in [0, 0.05) is 22.3 Å². The summed E-state index contributed by atoms with van der Waals surface area (Å²) in [5.41, 5.74) is 9.29. The highest BCUT2D eigenvalue weighted by atomic mass is 16.5. The highest BCUT2D eigenvalue weighted by Crippen LogP contribution is 2.58. The Kier molecular flexibility index (Phi) is 2.80. The highest BCUT2D eigenvalue weighted by molar-refractivity contribution is 5.88. The van der Waals surface area contributed by atoms with E-state index < -0.39 is 5.60 Å². The standard InChI is InChI=1S/C26H18O/c1-17-14-15-25-21(16-17)20-10-4-7-13-24(20)26(27-25)22-11-5-2-8-18(22)19-9-3-6-12-23(19)26/h2-16H,1H3. The second kappa shape index (κ2) is 5.11. The fourth-order valence-corrected chi connectivity index (χ4v) is 4.78. The quantitative estimate of drug-likeness (QED) is 0.362. The number of aryl methyl sites for hydroxylation is 1. The van der Waals surface area contributed by atoms with Crippen molar-refractivity contribution in [1.82, 2.24) is 0 Å². The Morgan fingerprint density at radius 3 is 1.59 bits per heavy atom. The molecule has 4 aromatic rings. The molecule has 0 saturated heterocycles. The van der Waals surface area contributed by atoms with Gasteiger partial charge in [-0.1, -0.05) is 84.4 Å². The molecule has 1 aliphatic heterocycles.